The fraction of sp³-hybridized carbons (Fsp3) is 0.520. The van der Waals surface area contributed by atoms with Crippen molar-refractivity contribution >= 4 is 27.4 Å². The summed E-state index contributed by atoms with van der Waals surface area (Å²) in [5.41, 5.74) is 1.47. The summed E-state index contributed by atoms with van der Waals surface area (Å²) < 4.78 is 48.3. The summed E-state index contributed by atoms with van der Waals surface area (Å²) in [6, 6.07) is 6.07. The lowest BCUT2D eigenvalue weighted by atomic mass is 9.97. The molecule has 0 amide bonds. The molecule has 2 saturated heterocycles. The molecule has 188 valence electrons. The Labute approximate surface area is 206 Å². The van der Waals surface area contributed by atoms with E-state index in [1.807, 2.05) is 5.38 Å². The van der Waals surface area contributed by atoms with Crippen LogP contribution >= 0.6 is 11.3 Å². The molecule has 2 aromatic heterocycles. The average Bonchev–Trinajstić information content (AvgIpc) is 3.51. The van der Waals surface area contributed by atoms with Crippen molar-refractivity contribution in [1.82, 2.24) is 14.9 Å². The van der Waals surface area contributed by atoms with Crippen LogP contribution in [0, 0.1) is 5.92 Å². The third-order valence-corrected chi connectivity index (χ3v) is 7.63. The number of likely N-dealkylation sites (tertiary alicyclic amines) is 1. The summed E-state index contributed by atoms with van der Waals surface area (Å²) in [6.07, 6.45) is 1.47. The molecule has 3 aromatic rings. The molecule has 2 fully saturated rings. The van der Waals surface area contributed by atoms with Crippen LogP contribution in [0.25, 0.3) is 21.3 Å². The third-order valence-electron chi connectivity index (χ3n) is 6.75. The molecule has 1 aromatic carbocycles. The number of piperidine rings is 1. The predicted molar refractivity (Wildman–Crippen MR) is 131 cm³/mol. The number of anilines is 1. The highest BCUT2D eigenvalue weighted by Crippen LogP contribution is 2.40. The lowest BCUT2D eigenvalue weighted by Crippen LogP contribution is -2.36. The minimum absolute atomic E-state index is 0.238. The van der Waals surface area contributed by atoms with Crippen LogP contribution in [-0.4, -0.2) is 67.2 Å². The topological polar surface area (TPSA) is 50.7 Å². The van der Waals surface area contributed by atoms with Crippen molar-refractivity contribution in [3.63, 3.8) is 0 Å². The first-order chi connectivity index (χ1) is 17.0. The van der Waals surface area contributed by atoms with E-state index >= 15 is 0 Å². The van der Waals surface area contributed by atoms with Gasteiger partial charge in [0.2, 0.25) is 0 Å². The van der Waals surface area contributed by atoms with E-state index in [4.69, 9.17) is 4.74 Å². The smallest absolute Gasteiger partial charge is 0.406 e. The minimum atomic E-state index is -4.73. The van der Waals surface area contributed by atoms with Gasteiger partial charge in [0.25, 0.3) is 0 Å². The van der Waals surface area contributed by atoms with Gasteiger partial charge in [0, 0.05) is 37.2 Å². The van der Waals surface area contributed by atoms with Gasteiger partial charge in [-0.3, -0.25) is 0 Å². The van der Waals surface area contributed by atoms with Crippen LogP contribution in [0.15, 0.2) is 36.0 Å². The van der Waals surface area contributed by atoms with Crippen molar-refractivity contribution in [2.24, 2.45) is 5.92 Å². The molecule has 2 aliphatic heterocycles. The molecule has 0 radical (unpaired) electrons. The lowest BCUT2D eigenvalue weighted by molar-refractivity contribution is -0.274. The zero-order valence-corrected chi connectivity index (χ0v) is 20.3. The Balaban J connectivity index is 1.25. The molecule has 0 N–H and O–H groups in total. The van der Waals surface area contributed by atoms with Crippen molar-refractivity contribution in [3.8, 4) is 16.9 Å². The van der Waals surface area contributed by atoms with E-state index in [9.17, 15) is 13.2 Å². The standard InChI is InChI=1S/C25H29F3N4O2S/c26-25(27,28)34-20-5-3-4-19(14-20)21-16-35-24-22(21)23(29-17-30-24)32-10-6-18(7-11-32)15-33-13-12-31-8-1-2-9-31/h3-5,14,16-18H,1-2,6-13,15H2. The summed E-state index contributed by atoms with van der Waals surface area (Å²) in [6.45, 7) is 6.71. The van der Waals surface area contributed by atoms with Gasteiger partial charge in [-0.2, -0.15) is 0 Å². The van der Waals surface area contributed by atoms with Gasteiger partial charge in [-0.15, -0.1) is 24.5 Å². The number of benzene rings is 1. The van der Waals surface area contributed by atoms with E-state index in [0.29, 0.717) is 11.5 Å². The largest absolute Gasteiger partial charge is 0.573 e. The third kappa shape index (κ3) is 6.05. The number of nitrogens with zero attached hydrogens (tertiary/aromatic N) is 4. The van der Waals surface area contributed by atoms with Crippen LogP contribution in [0.5, 0.6) is 5.75 Å². The van der Waals surface area contributed by atoms with E-state index in [1.54, 1.807) is 18.5 Å². The zero-order valence-electron chi connectivity index (χ0n) is 19.5. The molecule has 0 saturated carbocycles. The van der Waals surface area contributed by atoms with Crippen molar-refractivity contribution in [2.75, 3.05) is 50.8 Å². The highest BCUT2D eigenvalue weighted by Gasteiger charge is 2.31. The van der Waals surface area contributed by atoms with Crippen LogP contribution in [0.4, 0.5) is 19.0 Å². The molecule has 4 heterocycles. The molecule has 0 atom stereocenters. The summed E-state index contributed by atoms with van der Waals surface area (Å²) >= 11 is 1.47. The van der Waals surface area contributed by atoms with Gasteiger partial charge in [0.05, 0.1) is 12.0 Å². The quantitative estimate of drug-likeness (QED) is 0.372. The van der Waals surface area contributed by atoms with E-state index in [2.05, 4.69) is 24.5 Å². The normalized spacial score (nSPS) is 18.0. The first-order valence-electron chi connectivity index (χ1n) is 12.1. The molecule has 5 rings (SSSR count). The summed E-state index contributed by atoms with van der Waals surface area (Å²) in [4.78, 5) is 14.5. The second kappa shape index (κ2) is 10.7. The van der Waals surface area contributed by atoms with Crippen LogP contribution in [-0.2, 0) is 4.74 Å². The highest BCUT2D eigenvalue weighted by molar-refractivity contribution is 7.17. The van der Waals surface area contributed by atoms with Crippen LogP contribution in [0.2, 0.25) is 0 Å². The fourth-order valence-electron chi connectivity index (χ4n) is 4.93. The van der Waals surface area contributed by atoms with Crippen molar-refractivity contribution in [2.45, 2.75) is 32.0 Å². The van der Waals surface area contributed by atoms with Crippen LogP contribution in [0.1, 0.15) is 25.7 Å². The summed E-state index contributed by atoms with van der Waals surface area (Å²) in [5, 5.41) is 2.80. The number of hydrogen-bond acceptors (Lipinski definition) is 7. The molecule has 6 nitrogen and oxygen atoms in total. The van der Waals surface area contributed by atoms with Gasteiger partial charge in [0.15, 0.2) is 0 Å². The van der Waals surface area contributed by atoms with Crippen molar-refractivity contribution < 1.29 is 22.6 Å². The van der Waals surface area contributed by atoms with Gasteiger partial charge >= 0.3 is 6.36 Å². The van der Waals surface area contributed by atoms with Crippen molar-refractivity contribution in [1.29, 1.82) is 0 Å². The SMILES string of the molecule is FC(F)(F)Oc1cccc(-c2csc3ncnc(N4CCC(COCCN5CCCC5)CC4)c23)c1. The van der Waals surface area contributed by atoms with Crippen LogP contribution < -0.4 is 9.64 Å². The molecule has 0 aliphatic carbocycles. The molecule has 0 bridgehead atoms. The molecule has 0 spiro atoms. The number of hydrogen-bond donors (Lipinski definition) is 0. The van der Waals surface area contributed by atoms with E-state index in [-0.39, 0.29) is 5.75 Å². The molecule has 10 heteroatoms. The van der Waals surface area contributed by atoms with Gasteiger partial charge < -0.3 is 19.3 Å². The molecule has 2 aliphatic rings. The monoisotopic (exact) mass is 506 g/mol. The number of fused-ring (bicyclic) bond motifs is 1. The Kier molecular flexibility index (Phi) is 7.40. The van der Waals surface area contributed by atoms with E-state index in [0.717, 1.165) is 67.3 Å². The predicted octanol–water partition coefficient (Wildman–Crippen LogP) is 5.59. The highest BCUT2D eigenvalue weighted by atomic mass is 32.1. The zero-order chi connectivity index (χ0) is 24.3. The molecular weight excluding hydrogens is 477 g/mol. The second-order valence-corrected chi connectivity index (χ2v) is 10.0. The first-order valence-corrected chi connectivity index (χ1v) is 13.0. The minimum Gasteiger partial charge on any atom is -0.406 e. The number of alkyl halides is 3. The maximum Gasteiger partial charge on any atom is 0.573 e. The van der Waals surface area contributed by atoms with E-state index < -0.39 is 6.36 Å². The Morgan fingerprint density at radius 1 is 1.06 bits per heavy atom. The Morgan fingerprint density at radius 2 is 1.86 bits per heavy atom. The van der Waals surface area contributed by atoms with Gasteiger partial charge in [-0.25, -0.2) is 9.97 Å². The lowest BCUT2D eigenvalue weighted by Gasteiger charge is -2.33. The first kappa shape index (κ1) is 24.3. The molecular formula is C25H29F3N4O2S. The van der Waals surface area contributed by atoms with E-state index in [1.165, 1.54) is 49.4 Å². The summed E-state index contributed by atoms with van der Waals surface area (Å²) in [7, 11) is 0. The Morgan fingerprint density at radius 3 is 2.63 bits per heavy atom. The Bertz CT molecular complexity index is 1130. The maximum atomic E-state index is 12.7. The number of halogens is 3. The van der Waals surface area contributed by atoms with Crippen LogP contribution in [0.3, 0.4) is 0 Å². The van der Waals surface area contributed by atoms with Gasteiger partial charge in [-0.1, -0.05) is 12.1 Å². The second-order valence-electron chi connectivity index (χ2n) is 9.16. The summed E-state index contributed by atoms with van der Waals surface area (Å²) in [5.74, 6) is 1.13. The molecule has 35 heavy (non-hydrogen) atoms. The van der Waals surface area contributed by atoms with Crippen molar-refractivity contribution in [3.05, 3.63) is 36.0 Å². The fourth-order valence-corrected chi connectivity index (χ4v) is 5.84. The Hall–Kier alpha value is -2.43. The number of rotatable bonds is 8. The number of thiophene rings is 1. The average molecular weight is 507 g/mol. The molecule has 0 unspecified atom stereocenters. The van der Waals surface area contributed by atoms with Gasteiger partial charge in [-0.05, 0) is 62.4 Å². The van der Waals surface area contributed by atoms with Gasteiger partial charge in [0.1, 0.15) is 22.7 Å². The number of ether oxygens (including phenoxy) is 2. The number of aromatic nitrogens is 2. The maximum absolute atomic E-state index is 12.7.